The number of piperidine rings is 1. The summed E-state index contributed by atoms with van der Waals surface area (Å²) in [6.45, 7) is 3.24. The van der Waals surface area contributed by atoms with Crippen molar-refractivity contribution < 1.29 is 0 Å². The molecule has 2 aliphatic rings. The second kappa shape index (κ2) is 7.46. The van der Waals surface area contributed by atoms with Crippen LogP contribution in [0, 0.1) is 5.92 Å². The third-order valence-corrected chi connectivity index (χ3v) is 6.04. The van der Waals surface area contributed by atoms with Crippen molar-refractivity contribution in [1.82, 2.24) is 25.3 Å². The fourth-order valence-corrected chi connectivity index (χ4v) is 4.38. The van der Waals surface area contributed by atoms with Gasteiger partial charge in [0.05, 0.1) is 6.54 Å². The van der Waals surface area contributed by atoms with Gasteiger partial charge >= 0.3 is 0 Å². The summed E-state index contributed by atoms with van der Waals surface area (Å²) in [5.74, 6) is 1.87. The van der Waals surface area contributed by atoms with E-state index in [2.05, 4.69) is 44.5 Å². The fourth-order valence-electron chi connectivity index (χ4n) is 4.11. The van der Waals surface area contributed by atoms with Crippen LogP contribution < -0.4 is 10.9 Å². The summed E-state index contributed by atoms with van der Waals surface area (Å²) in [5, 5.41) is 0.854. The number of nitrogens with one attached hydrogen (secondary N) is 2. The van der Waals surface area contributed by atoms with Crippen molar-refractivity contribution in [1.29, 1.82) is 0 Å². The highest BCUT2D eigenvalue weighted by Gasteiger charge is 2.33. The number of nitrogens with zero attached hydrogens (tertiary/aromatic N) is 3. The van der Waals surface area contributed by atoms with Gasteiger partial charge in [0.2, 0.25) is 0 Å². The first-order chi connectivity index (χ1) is 12.2. The van der Waals surface area contributed by atoms with E-state index in [0.717, 1.165) is 42.8 Å². The van der Waals surface area contributed by atoms with E-state index in [0.29, 0.717) is 12.1 Å². The molecule has 4 rings (SSSR count). The Balaban J connectivity index is 1.30. The Kier molecular flexibility index (Phi) is 5.08. The average molecular weight is 360 g/mol. The molecular formula is C19H26ClN5. The standard InChI is InChI=1S/C19H26ClN5/c1-24-11-8-21-19(24)13-25-9-6-14(7-10-25)17-12-18(23-22-17)15-4-2-3-5-16(15)20/h2-5,8,11,14,17-18,22-23H,6-7,9-10,12-13H2,1H3. The summed E-state index contributed by atoms with van der Waals surface area (Å²) in [6, 6.07) is 8.98. The highest BCUT2D eigenvalue weighted by atomic mass is 35.5. The Morgan fingerprint density at radius 3 is 2.72 bits per heavy atom. The summed E-state index contributed by atoms with van der Waals surface area (Å²) in [4.78, 5) is 6.97. The van der Waals surface area contributed by atoms with E-state index >= 15 is 0 Å². The molecule has 3 heterocycles. The predicted octanol–water partition coefficient (Wildman–Crippen LogP) is 2.89. The molecule has 2 aromatic rings. The lowest BCUT2D eigenvalue weighted by Gasteiger charge is -2.34. The zero-order valence-corrected chi connectivity index (χ0v) is 15.4. The summed E-state index contributed by atoms with van der Waals surface area (Å²) >= 11 is 6.35. The van der Waals surface area contributed by atoms with E-state index in [9.17, 15) is 0 Å². The van der Waals surface area contributed by atoms with Crippen LogP contribution in [0.1, 0.15) is 36.7 Å². The summed E-state index contributed by atoms with van der Waals surface area (Å²) in [6.07, 6.45) is 7.47. The van der Waals surface area contributed by atoms with Crippen LogP contribution in [0.4, 0.5) is 0 Å². The number of halogens is 1. The first kappa shape index (κ1) is 17.0. The number of hydrogen-bond acceptors (Lipinski definition) is 4. The number of aromatic nitrogens is 2. The largest absolute Gasteiger partial charge is 0.337 e. The molecule has 0 saturated carbocycles. The molecule has 0 spiro atoms. The van der Waals surface area contributed by atoms with Gasteiger partial charge in [-0.1, -0.05) is 29.8 Å². The van der Waals surface area contributed by atoms with Crippen LogP contribution in [0.2, 0.25) is 5.02 Å². The molecule has 2 fully saturated rings. The number of benzene rings is 1. The van der Waals surface area contributed by atoms with E-state index in [-0.39, 0.29) is 0 Å². The van der Waals surface area contributed by atoms with Crippen molar-refractivity contribution in [3.05, 3.63) is 53.1 Å². The lowest BCUT2D eigenvalue weighted by atomic mass is 9.86. The molecule has 5 nitrogen and oxygen atoms in total. The molecule has 25 heavy (non-hydrogen) atoms. The molecular weight excluding hydrogens is 334 g/mol. The highest BCUT2D eigenvalue weighted by molar-refractivity contribution is 6.31. The van der Waals surface area contributed by atoms with Crippen molar-refractivity contribution in [2.45, 2.75) is 37.9 Å². The van der Waals surface area contributed by atoms with E-state index in [1.54, 1.807) is 0 Å². The summed E-state index contributed by atoms with van der Waals surface area (Å²) < 4.78 is 2.11. The highest BCUT2D eigenvalue weighted by Crippen LogP contribution is 2.33. The molecule has 1 aromatic carbocycles. The Morgan fingerprint density at radius 1 is 1.20 bits per heavy atom. The number of aryl methyl sites for hydroxylation is 1. The number of imidazole rings is 1. The molecule has 2 atom stereocenters. The summed E-state index contributed by atoms with van der Waals surface area (Å²) in [7, 11) is 2.07. The van der Waals surface area contributed by atoms with Crippen LogP contribution in [0.15, 0.2) is 36.7 Å². The first-order valence-electron chi connectivity index (χ1n) is 9.15. The van der Waals surface area contributed by atoms with Crippen molar-refractivity contribution in [3.8, 4) is 0 Å². The molecule has 1 aromatic heterocycles. The Hall–Kier alpha value is -1.40. The van der Waals surface area contributed by atoms with E-state index in [4.69, 9.17) is 11.6 Å². The smallest absolute Gasteiger partial charge is 0.122 e. The maximum Gasteiger partial charge on any atom is 0.122 e. The number of rotatable bonds is 4. The minimum absolute atomic E-state index is 0.310. The van der Waals surface area contributed by atoms with Gasteiger partial charge in [0, 0.05) is 36.5 Å². The van der Waals surface area contributed by atoms with Gasteiger partial charge in [-0.05, 0) is 49.9 Å². The fraction of sp³-hybridized carbons (Fsp3) is 0.526. The topological polar surface area (TPSA) is 45.1 Å². The third-order valence-electron chi connectivity index (χ3n) is 5.70. The van der Waals surface area contributed by atoms with Crippen LogP contribution in [-0.2, 0) is 13.6 Å². The van der Waals surface area contributed by atoms with E-state index < -0.39 is 0 Å². The van der Waals surface area contributed by atoms with Crippen LogP contribution in [0.3, 0.4) is 0 Å². The predicted molar refractivity (Wildman–Crippen MR) is 100 cm³/mol. The van der Waals surface area contributed by atoms with Gasteiger partial charge in [0.25, 0.3) is 0 Å². The zero-order chi connectivity index (χ0) is 17.2. The lowest BCUT2D eigenvalue weighted by Crippen LogP contribution is -2.42. The Bertz CT molecular complexity index is 707. The van der Waals surface area contributed by atoms with Gasteiger partial charge in [-0.15, -0.1) is 0 Å². The Morgan fingerprint density at radius 2 is 2.00 bits per heavy atom. The third kappa shape index (κ3) is 3.75. The molecule has 0 radical (unpaired) electrons. The molecule has 134 valence electrons. The van der Waals surface area contributed by atoms with Gasteiger partial charge in [-0.2, -0.15) is 0 Å². The second-order valence-corrected chi connectivity index (χ2v) is 7.68. The molecule has 0 bridgehead atoms. The average Bonchev–Trinajstić information content (AvgIpc) is 3.26. The maximum atomic E-state index is 6.35. The second-order valence-electron chi connectivity index (χ2n) is 7.27. The van der Waals surface area contributed by atoms with Crippen LogP contribution in [0.5, 0.6) is 0 Å². The molecule has 0 amide bonds. The molecule has 6 heteroatoms. The minimum atomic E-state index is 0.310. The van der Waals surface area contributed by atoms with Gasteiger partial charge < -0.3 is 4.57 Å². The van der Waals surface area contributed by atoms with Crippen molar-refractivity contribution in [3.63, 3.8) is 0 Å². The number of likely N-dealkylation sites (tertiary alicyclic amines) is 1. The molecule has 2 saturated heterocycles. The minimum Gasteiger partial charge on any atom is -0.337 e. The van der Waals surface area contributed by atoms with Gasteiger partial charge in [-0.3, -0.25) is 10.3 Å². The quantitative estimate of drug-likeness (QED) is 0.881. The lowest BCUT2D eigenvalue weighted by molar-refractivity contribution is 0.152. The van der Waals surface area contributed by atoms with Crippen molar-refractivity contribution in [2.24, 2.45) is 13.0 Å². The van der Waals surface area contributed by atoms with Crippen LogP contribution >= 0.6 is 11.6 Å². The van der Waals surface area contributed by atoms with Gasteiger partial charge in [0.15, 0.2) is 0 Å². The normalized spacial score (nSPS) is 25.5. The van der Waals surface area contributed by atoms with E-state index in [1.165, 1.54) is 18.4 Å². The summed E-state index contributed by atoms with van der Waals surface area (Å²) in [5.41, 5.74) is 8.18. The van der Waals surface area contributed by atoms with E-state index in [1.807, 2.05) is 24.5 Å². The van der Waals surface area contributed by atoms with Gasteiger partial charge in [-0.25, -0.2) is 10.4 Å². The first-order valence-corrected chi connectivity index (χ1v) is 9.52. The monoisotopic (exact) mass is 359 g/mol. The maximum absolute atomic E-state index is 6.35. The molecule has 2 N–H and O–H groups in total. The zero-order valence-electron chi connectivity index (χ0n) is 14.7. The number of hydrogen-bond donors (Lipinski definition) is 2. The van der Waals surface area contributed by atoms with Crippen LogP contribution in [-0.4, -0.2) is 33.6 Å². The van der Waals surface area contributed by atoms with Gasteiger partial charge in [0.1, 0.15) is 5.82 Å². The van der Waals surface area contributed by atoms with Crippen molar-refractivity contribution >= 4 is 11.6 Å². The van der Waals surface area contributed by atoms with Crippen molar-refractivity contribution in [2.75, 3.05) is 13.1 Å². The number of hydrazine groups is 1. The Labute approximate surface area is 154 Å². The molecule has 0 aliphatic carbocycles. The SMILES string of the molecule is Cn1ccnc1CN1CCC(C2CC(c3ccccc3Cl)NN2)CC1. The molecule has 2 unspecified atom stereocenters. The van der Waals surface area contributed by atoms with Crippen LogP contribution in [0.25, 0.3) is 0 Å². The molecule has 2 aliphatic heterocycles.